The fourth-order valence-electron chi connectivity index (χ4n) is 4.80. The molecule has 1 N–H and O–H groups in total. The van der Waals surface area contributed by atoms with Crippen LogP contribution in [0.25, 0.3) is 11.1 Å². The SMILES string of the molecule is C=CNc1c(CC)c(-c2ccc(CCCC)c(N=CC)c2)cc(F)c1C(C)=O.CC.CC1CCCCC1. The van der Waals surface area contributed by atoms with Gasteiger partial charge in [0.1, 0.15) is 5.82 Å². The molecular formula is C33H49FN2O. The van der Waals surface area contributed by atoms with Crippen molar-refractivity contribution in [3.05, 3.63) is 59.6 Å². The first-order chi connectivity index (χ1) is 17.9. The summed E-state index contributed by atoms with van der Waals surface area (Å²) < 4.78 is 14.9. The molecule has 37 heavy (non-hydrogen) atoms. The second kappa shape index (κ2) is 17.7. The molecule has 1 aliphatic rings. The zero-order valence-corrected chi connectivity index (χ0v) is 24.3. The lowest BCUT2D eigenvalue weighted by atomic mass is 9.91. The Labute approximate surface area is 225 Å². The lowest BCUT2D eigenvalue weighted by molar-refractivity contribution is 0.101. The average Bonchev–Trinajstić information content (AvgIpc) is 2.90. The molecule has 3 rings (SSSR count). The van der Waals surface area contributed by atoms with Crippen molar-refractivity contribution in [1.82, 2.24) is 0 Å². The monoisotopic (exact) mass is 508 g/mol. The highest BCUT2D eigenvalue weighted by atomic mass is 19.1. The van der Waals surface area contributed by atoms with Crippen LogP contribution >= 0.6 is 0 Å². The van der Waals surface area contributed by atoms with Crippen LogP contribution in [0.1, 0.15) is 115 Å². The number of aliphatic imine (C=N–C) groups is 1. The molecule has 0 spiro atoms. The number of ketones is 1. The summed E-state index contributed by atoms with van der Waals surface area (Å²) >= 11 is 0. The number of carbonyl (C=O) groups is 1. The van der Waals surface area contributed by atoms with Crippen LogP contribution in [0.4, 0.5) is 15.8 Å². The van der Waals surface area contributed by atoms with Crippen molar-refractivity contribution in [2.75, 3.05) is 5.32 Å². The van der Waals surface area contributed by atoms with Crippen molar-refractivity contribution < 1.29 is 9.18 Å². The van der Waals surface area contributed by atoms with Crippen LogP contribution in [0.2, 0.25) is 0 Å². The third-order valence-corrected chi connectivity index (χ3v) is 6.70. The van der Waals surface area contributed by atoms with Crippen LogP contribution in [0, 0.1) is 11.7 Å². The quantitative estimate of drug-likeness (QED) is 0.270. The molecule has 0 atom stereocenters. The van der Waals surface area contributed by atoms with Gasteiger partial charge in [0, 0.05) is 6.21 Å². The Morgan fingerprint density at radius 1 is 1.16 bits per heavy atom. The summed E-state index contributed by atoms with van der Waals surface area (Å²) in [5.74, 6) is 0.197. The van der Waals surface area contributed by atoms with Crippen molar-refractivity contribution >= 4 is 23.4 Å². The van der Waals surface area contributed by atoms with E-state index in [1.54, 1.807) is 6.21 Å². The Hall–Kier alpha value is -2.75. The zero-order valence-electron chi connectivity index (χ0n) is 24.3. The number of nitrogens with zero attached hydrogens (tertiary/aromatic N) is 1. The molecule has 4 heteroatoms. The van der Waals surface area contributed by atoms with Gasteiger partial charge in [0.25, 0.3) is 0 Å². The summed E-state index contributed by atoms with van der Waals surface area (Å²) in [7, 11) is 0. The van der Waals surface area contributed by atoms with Crippen LogP contribution in [-0.4, -0.2) is 12.0 Å². The van der Waals surface area contributed by atoms with Gasteiger partial charge in [0.2, 0.25) is 0 Å². The second-order valence-corrected chi connectivity index (χ2v) is 9.47. The molecule has 204 valence electrons. The van der Waals surface area contributed by atoms with E-state index < -0.39 is 5.82 Å². The number of benzene rings is 2. The van der Waals surface area contributed by atoms with E-state index >= 15 is 0 Å². The van der Waals surface area contributed by atoms with Crippen molar-refractivity contribution in [3.8, 4) is 11.1 Å². The lowest BCUT2D eigenvalue weighted by Gasteiger charge is -2.19. The molecule has 0 radical (unpaired) electrons. The minimum absolute atomic E-state index is 0.0758. The number of carbonyl (C=O) groups excluding carboxylic acids is 1. The maximum Gasteiger partial charge on any atom is 0.164 e. The van der Waals surface area contributed by atoms with Gasteiger partial charge in [-0.05, 0) is 79.6 Å². The first-order valence-corrected chi connectivity index (χ1v) is 14.2. The molecule has 0 amide bonds. The molecule has 3 nitrogen and oxygen atoms in total. The van der Waals surface area contributed by atoms with Crippen molar-refractivity contribution in [1.29, 1.82) is 0 Å². The van der Waals surface area contributed by atoms with E-state index in [9.17, 15) is 9.18 Å². The van der Waals surface area contributed by atoms with E-state index in [1.807, 2.05) is 39.8 Å². The van der Waals surface area contributed by atoms with E-state index in [0.29, 0.717) is 12.1 Å². The molecule has 1 saturated carbocycles. The van der Waals surface area contributed by atoms with Gasteiger partial charge in [-0.2, -0.15) is 0 Å². The van der Waals surface area contributed by atoms with Gasteiger partial charge in [-0.3, -0.25) is 9.79 Å². The topological polar surface area (TPSA) is 41.5 Å². The minimum Gasteiger partial charge on any atom is -0.361 e. The number of unbranched alkanes of at least 4 members (excludes halogenated alkanes) is 1. The van der Waals surface area contributed by atoms with Gasteiger partial charge < -0.3 is 5.32 Å². The third kappa shape index (κ3) is 9.57. The highest BCUT2D eigenvalue weighted by Gasteiger charge is 2.21. The predicted molar refractivity (Wildman–Crippen MR) is 161 cm³/mol. The fourth-order valence-corrected chi connectivity index (χ4v) is 4.80. The number of halogens is 1. The highest BCUT2D eigenvalue weighted by Crippen LogP contribution is 2.37. The summed E-state index contributed by atoms with van der Waals surface area (Å²) in [5.41, 5.74) is 5.21. The first kappa shape index (κ1) is 32.3. The summed E-state index contributed by atoms with van der Waals surface area (Å²) in [6.45, 7) is 17.5. The number of rotatable bonds is 9. The molecule has 2 aromatic rings. The van der Waals surface area contributed by atoms with Crippen molar-refractivity contribution in [2.45, 2.75) is 106 Å². The van der Waals surface area contributed by atoms with Crippen molar-refractivity contribution in [3.63, 3.8) is 0 Å². The van der Waals surface area contributed by atoms with Crippen LogP contribution in [-0.2, 0) is 12.8 Å². The Morgan fingerprint density at radius 3 is 2.32 bits per heavy atom. The second-order valence-electron chi connectivity index (χ2n) is 9.47. The molecule has 0 aromatic heterocycles. The predicted octanol–water partition coefficient (Wildman–Crippen LogP) is 10.5. The minimum atomic E-state index is -0.528. The molecular weight excluding hydrogens is 459 g/mol. The molecule has 0 bridgehead atoms. The molecule has 0 unspecified atom stereocenters. The number of anilines is 1. The smallest absolute Gasteiger partial charge is 0.164 e. The van der Waals surface area contributed by atoms with Crippen molar-refractivity contribution in [2.24, 2.45) is 10.9 Å². The Balaban J connectivity index is 0.000000645. The van der Waals surface area contributed by atoms with E-state index in [2.05, 4.69) is 36.8 Å². The van der Waals surface area contributed by atoms with Crippen LogP contribution in [0.3, 0.4) is 0 Å². The van der Waals surface area contributed by atoms with Crippen LogP contribution < -0.4 is 5.32 Å². The number of Topliss-reactive ketones (excluding diaryl/α,β-unsaturated/α-hetero) is 1. The van der Waals surface area contributed by atoms with Gasteiger partial charge in [-0.1, -0.05) is 91.9 Å². The fraction of sp³-hybridized carbons (Fsp3) is 0.515. The van der Waals surface area contributed by atoms with Gasteiger partial charge >= 0.3 is 0 Å². The standard InChI is InChI=1S/C24H29FN2O.C7H14.C2H6/c1-6-10-11-17-12-13-18(14-22(17)26-8-3)20-15-21(25)23(16(5)28)24(27-9-4)19(20)7-2;1-7-5-3-2-4-6-7;1-2/h8-9,12-15,27H,4,6-7,10-11H2,1-3,5H3;7H,2-6H2,1H3;1-2H3. The zero-order chi connectivity index (χ0) is 27.8. The summed E-state index contributed by atoms with van der Waals surface area (Å²) in [5, 5.41) is 2.98. The first-order valence-electron chi connectivity index (χ1n) is 14.2. The van der Waals surface area contributed by atoms with Gasteiger partial charge in [0.05, 0.1) is 16.9 Å². The van der Waals surface area contributed by atoms with Crippen LogP contribution in [0.15, 0.2) is 42.0 Å². The van der Waals surface area contributed by atoms with Gasteiger partial charge in [-0.25, -0.2) is 4.39 Å². The molecule has 0 aliphatic heterocycles. The summed E-state index contributed by atoms with van der Waals surface area (Å²) in [6, 6.07) is 7.55. The number of nitrogens with one attached hydrogen (secondary N) is 1. The van der Waals surface area contributed by atoms with E-state index in [-0.39, 0.29) is 11.3 Å². The molecule has 1 fully saturated rings. The van der Waals surface area contributed by atoms with E-state index in [1.165, 1.54) is 56.9 Å². The highest BCUT2D eigenvalue weighted by molar-refractivity contribution is 6.02. The lowest BCUT2D eigenvalue weighted by Crippen LogP contribution is -2.08. The Morgan fingerprint density at radius 2 is 1.84 bits per heavy atom. The van der Waals surface area contributed by atoms with E-state index in [0.717, 1.165) is 47.6 Å². The third-order valence-electron chi connectivity index (χ3n) is 6.70. The molecule has 2 aromatic carbocycles. The van der Waals surface area contributed by atoms with Gasteiger partial charge in [-0.15, -0.1) is 0 Å². The van der Waals surface area contributed by atoms with Gasteiger partial charge in [0.15, 0.2) is 5.78 Å². The Kier molecular flexibility index (Phi) is 15.4. The maximum absolute atomic E-state index is 14.9. The number of aryl methyl sites for hydroxylation is 1. The summed E-state index contributed by atoms with van der Waals surface area (Å²) in [4.78, 5) is 16.6. The molecule has 0 saturated heterocycles. The Bertz CT molecular complexity index is 1020. The average molecular weight is 509 g/mol. The van der Waals surface area contributed by atoms with Crippen LogP contribution in [0.5, 0.6) is 0 Å². The molecule has 0 heterocycles. The largest absolute Gasteiger partial charge is 0.361 e. The maximum atomic E-state index is 14.9. The normalized spacial score (nSPS) is 13.3. The number of hydrogen-bond donors (Lipinski definition) is 1. The molecule has 1 aliphatic carbocycles. The van der Waals surface area contributed by atoms with E-state index in [4.69, 9.17) is 0 Å². The number of hydrogen-bond acceptors (Lipinski definition) is 3. The summed E-state index contributed by atoms with van der Waals surface area (Å²) in [6.07, 6.45) is 14.5.